The minimum Gasteiger partial charge on any atom is -0.491 e. The van der Waals surface area contributed by atoms with Gasteiger partial charge in [0.05, 0.1) is 11.7 Å². The molecule has 0 aliphatic carbocycles. The first-order valence-corrected chi connectivity index (χ1v) is 11.5. The summed E-state index contributed by atoms with van der Waals surface area (Å²) in [4.78, 5) is 28.6. The van der Waals surface area contributed by atoms with Gasteiger partial charge in [0.25, 0.3) is 5.91 Å². The van der Waals surface area contributed by atoms with E-state index >= 15 is 0 Å². The fourth-order valence-electron chi connectivity index (χ4n) is 4.19. The molecule has 8 heteroatoms. The van der Waals surface area contributed by atoms with Crippen LogP contribution < -0.4 is 10.1 Å². The largest absolute Gasteiger partial charge is 0.491 e. The summed E-state index contributed by atoms with van der Waals surface area (Å²) in [6.45, 7) is 7.26. The van der Waals surface area contributed by atoms with Crippen molar-refractivity contribution in [1.29, 1.82) is 0 Å². The van der Waals surface area contributed by atoms with E-state index in [1.54, 1.807) is 49.4 Å². The number of carbonyl (C=O) groups is 2. The Morgan fingerprint density at radius 1 is 1.21 bits per heavy atom. The summed E-state index contributed by atoms with van der Waals surface area (Å²) < 4.78 is 26.3. The molecule has 3 atom stereocenters. The molecule has 0 saturated heterocycles. The molecule has 1 heterocycles. The van der Waals surface area contributed by atoms with Crippen LogP contribution in [0.5, 0.6) is 5.75 Å². The molecule has 1 aliphatic rings. The first-order valence-electron chi connectivity index (χ1n) is 11.5. The summed E-state index contributed by atoms with van der Waals surface area (Å²) in [7, 11) is 3.38. The molecule has 0 bridgehead atoms. The van der Waals surface area contributed by atoms with Gasteiger partial charge >= 0.3 is 0 Å². The molecule has 0 spiro atoms. The number of fused-ring (bicyclic) bond motifs is 1. The van der Waals surface area contributed by atoms with Crippen LogP contribution in [0.25, 0.3) is 0 Å². The Labute approximate surface area is 200 Å². The number of anilines is 1. The Bertz CT molecular complexity index is 1020. The number of nitrogens with zero attached hydrogens (tertiary/aromatic N) is 2. The summed E-state index contributed by atoms with van der Waals surface area (Å²) in [5.74, 6) is -0.167. The van der Waals surface area contributed by atoms with Gasteiger partial charge in [0, 0.05) is 64.1 Å². The number of amides is 2. The third-order valence-electron chi connectivity index (χ3n) is 6.23. The highest BCUT2D eigenvalue weighted by Gasteiger charge is 2.28. The molecule has 184 valence electrons. The Kier molecular flexibility index (Phi) is 8.63. The smallest absolute Gasteiger partial charge is 0.257 e. The third kappa shape index (κ3) is 6.33. The lowest BCUT2D eigenvalue weighted by Crippen LogP contribution is -2.46. The summed E-state index contributed by atoms with van der Waals surface area (Å²) in [6.07, 6.45) is -0.202. The SMILES string of the molecule is CO[C@H]1CN(C)C(=O)c2ccc(NC(C)=O)cc2OC[C@@H](C)N(Cc2ccccc2F)C[C@H]1C. The maximum atomic E-state index is 14.4. The monoisotopic (exact) mass is 471 g/mol. The second-order valence-electron chi connectivity index (χ2n) is 9.01. The van der Waals surface area contributed by atoms with Gasteiger partial charge in [-0.25, -0.2) is 4.39 Å². The van der Waals surface area contributed by atoms with Crippen LogP contribution in [0.3, 0.4) is 0 Å². The lowest BCUT2D eigenvalue weighted by molar-refractivity contribution is -0.114. The van der Waals surface area contributed by atoms with E-state index in [0.29, 0.717) is 42.2 Å². The molecule has 0 fully saturated rings. The molecule has 2 aromatic carbocycles. The van der Waals surface area contributed by atoms with E-state index in [0.717, 1.165) is 0 Å². The van der Waals surface area contributed by atoms with Crippen molar-refractivity contribution in [2.45, 2.75) is 39.5 Å². The number of benzene rings is 2. The standard InChI is InChI=1S/C26H34FN3O4/c1-17-13-30(14-20-8-6-7-9-23(20)27)18(2)16-34-24-12-21(28-19(3)31)10-11-22(24)26(32)29(4)15-25(17)33-5/h6-12,17-18,25H,13-16H2,1-5H3,(H,28,31)/t17-,18-,25+/m1/s1. The minimum atomic E-state index is -0.242. The number of hydrogen-bond donors (Lipinski definition) is 1. The third-order valence-corrected chi connectivity index (χ3v) is 6.23. The fourth-order valence-corrected chi connectivity index (χ4v) is 4.19. The van der Waals surface area contributed by atoms with Crippen LogP contribution in [0.15, 0.2) is 42.5 Å². The number of hydrogen-bond acceptors (Lipinski definition) is 5. The maximum absolute atomic E-state index is 14.4. The molecule has 0 saturated carbocycles. The van der Waals surface area contributed by atoms with Gasteiger partial charge in [-0.15, -0.1) is 0 Å². The highest BCUT2D eigenvalue weighted by molar-refractivity contribution is 5.98. The van der Waals surface area contributed by atoms with Crippen molar-refractivity contribution in [3.05, 3.63) is 59.4 Å². The van der Waals surface area contributed by atoms with E-state index in [2.05, 4.69) is 17.1 Å². The number of ether oxygens (including phenoxy) is 2. The van der Waals surface area contributed by atoms with Crippen LogP contribution in [-0.4, -0.2) is 67.6 Å². The normalized spacial score (nSPS) is 22.2. The van der Waals surface area contributed by atoms with Crippen molar-refractivity contribution in [3.8, 4) is 5.75 Å². The molecule has 7 nitrogen and oxygen atoms in total. The number of rotatable bonds is 4. The fraction of sp³-hybridized carbons (Fsp3) is 0.462. The van der Waals surface area contributed by atoms with Gasteiger partial charge in [-0.05, 0) is 31.0 Å². The predicted molar refractivity (Wildman–Crippen MR) is 129 cm³/mol. The Hall–Kier alpha value is -2.97. The second kappa shape index (κ2) is 11.4. The van der Waals surface area contributed by atoms with Gasteiger partial charge in [0.2, 0.25) is 5.91 Å². The van der Waals surface area contributed by atoms with E-state index < -0.39 is 0 Å². The van der Waals surface area contributed by atoms with E-state index in [1.807, 2.05) is 13.0 Å². The highest BCUT2D eigenvalue weighted by Crippen LogP contribution is 2.27. The Balaban J connectivity index is 1.96. The second-order valence-corrected chi connectivity index (χ2v) is 9.01. The van der Waals surface area contributed by atoms with Crippen LogP contribution in [0.2, 0.25) is 0 Å². The van der Waals surface area contributed by atoms with Gasteiger partial charge in [-0.3, -0.25) is 14.5 Å². The predicted octanol–water partition coefficient (Wildman–Crippen LogP) is 3.79. The lowest BCUT2D eigenvalue weighted by Gasteiger charge is -2.36. The van der Waals surface area contributed by atoms with Gasteiger partial charge in [0.1, 0.15) is 18.2 Å². The van der Waals surface area contributed by atoms with Crippen molar-refractivity contribution in [3.63, 3.8) is 0 Å². The average molecular weight is 472 g/mol. The van der Waals surface area contributed by atoms with E-state index in [-0.39, 0.29) is 42.3 Å². The highest BCUT2D eigenvalue weighted by atomic mass is 19.1. The molecule has 0 radical (unpaired) electrons. The topological polar surface area (TPSA) is 71.1 Å². The van der Waals surface area contributed by atoms with Crippen LogP contribution in [0, 0.1) is 11.7 Å². The van der Waals surface area contributed by atoms with Crippen molar-refractivity contribution < 1.29 is 23.5 Å². The molecule has 0 unspecified atom stereocenters. The zero-order valence-corrected chi connectivity index (χ0v) is 20.5. The van der Waals surface area contributed by atoms with E-state index in [4.69, 9.17) is 9.47 Å². The van der Waals surface area contributed by atoms with Gasteiger partial charge in [-0.2, -0.15) is 0 Å². The van der Waals surface area contributed by atoms with Crippen LogP contribution in [-0.2, 0) is 16.1 Å². The molecule has 1 N–H and O–H groups in total. The number of halogens is 1. The molecule has 2 amide bonds. The van der Waals surface area contributed by atoms with Gasteiger partial charge in [-0.1, -0.05) is 25.1 Å². The Morgan fingerprint density at radius 3 is 2.62 bits per heavy atom. The number of likely N-dealkylation sites (N-methyl/N-ethyl adjacent to an activating group) is 1. The van der Waals surface area contributed by atoms with Gasteiger partial charge < -0.3 is 19.7 Å². The average Bonchev–Trinajstić information content (AvgIpc) is 2.80. The molecular weight excluding hydrogens is 437 g/mol. The summed E-state index contributed by atoms with van der Waals surface area (Å²) in [5.41, 5.74) is 1.57. The van der Waals surface area contributed by atoms with Crippen LogP contribution >= 0.6 is 0 Å². The molecular formula is C26H34FN3O4. The molecule has 0 aromatic heterocycles. The van der Waals surface area contributed by atoms with Crippen LogP contribution in [0.4, 0.5) is 10.1 Å². The first kappa shape index (κ1) is 25.6. The zero-order valence-electron chi connectivity index (χ0n) is 20.5. The molecule has 3 rings (SSSR count). The van der Waals surface area contributed by atoms with Crippen molar-refractivity contribution in [1.82, 2.24) is 9.80 Å². The number of nitrogens with one attached hydrogen (secondary N) is 1. The van der Waals surface area contributed by atoms with Gasteiger partial charge in [0.15, 0.2) is 0 Å². The summed E-state index contributed by atoms with van der Waals surface area (Å²) in [6, 6.07) is 11.7. The Morgan fingerprint density at radius 2 is 1.94 bits per heavy atom. The lowest BCUT2D eigenvalue weighted by atomic mass is 10.0. The van der Waals surface area contributed by atoms with E-state index in [9.17, 15) is 14.0 Å². The number of methoxy groups -OCH3 is 1. The zero-order chi connectivity index (χ0) is 24.8. The van der Waals surface area contributed by atoms with Crippen molar-refractivity contribution in [2.75, 3.05) is 39.2 Å². The minimum absolute atomic E-state index is 0.0792. The molecule has 2 aromatic rings. The molecule has 34 heavy (non-hydrogen) atoms. The number of carbonyl (C=O) groups excluding carboxylic acids is 2. The molecule has 1 aliphatic heterocycles. The quantitative estimate of drug-likeness (QED) is 0.735. The van der Waals surface area contributed by atoms with Crippen molar-refractivity contribution >= 4 is 17.5 Å². The first-order chi connectivity index (χ1) is 16.2. The summed E-state index contributed by atoms with van der Waals surface area (Å²) in [5, 5.41) is 2.73. The van der Waals surface area contributed by atoms with Crippen LogP contribution in [0.1, 0.15) is 36.7 Å². The van der Waals surface area contributed by atoms with Crippen molar-refractivity contribution in [2.24, 2.45) is 5.92 Å². The van der Waals surface area contributed by atoms with E-state index in [1.165, 1.54) is 13.0 Å². The summed E-state index contributed by atoms with van der Waals surface area (Å²) >= 11 is 0. The maximum Gasteiger partial charge on any atom is 0.257 e.